The molecule has 23 heavy (non-hydrogen) atoms. The van der Waals surface area contributed by atoms with Gasteiger partial charge in [-0.15, -0.1) is 12.8 Å². The minimum atomic E-state index is 0.699. The van der Waals surface area contributed by atoms with Gasteiger partial charge in [0.1, 0.15) is 0 Å². The fourth-order valence-electron chi connectivity index (χ4n) is 2.36. The Bertz CT molecular complexity index is 627. The smallest absolute Gasteiger partial charge is 0.0589 e. The van der Waals surface area contributed by atoms with E-state index in [4.69, 9.17) is 17.6 Å². The molecule has 0 fully saturated rings. The second-order valence-electron chi connectivity index (χ2n) is 5.39. The largest absolute Gasteiger partial charge is 0.383 e. The van der Waals surface area contributed by atoms with Crippen LogP contribution in [0.3, 0.4) is 0 Å². The lowest BCUT2D eigenvalue weighted by molar-refractivity contribution is 0.140. The van der Waals surface area contributed by atoms with E-state index < -0.39 is 0 Å². The molecule has 0 radical (unpaired) electrons. The molecule has 0 aliphatic heterocycles. The van der Waals surface area contributed by atoms with Crippen LogP contribution >= 0.6 is 0 Å². The molecule has 0 aliphatic carbocycles. The molecule has 0 heterocycles. The summed E-state index contributed by atoms with van der Waals surface area (Å²) in [6, 6.07) is 16.2. The molecule has 0 aromatic heterocycles. The topological polar surface area (TPSA) is 12.5 Å². The standard InChI is InChI=1S/C21H21NO/c1-4-18-6-10-20(11-7-18)16-22(14-15-23-3)17-21-12-8-19(5-2)9-13-21/h1-2,6-13H,14-17H2,3H3. The first kappa shape index (κ1) is 16.8. The Balaban J connectivity index is 2.05. The van der Waals surface area contributed by atoms with Crippen molar-refractivity contribution in [1.82, 2.24) is 4.90 Å². The molecule has 0 saturated heterocycles. The Labute approximate surface area is 139 Å². The lowest BCUT2D eigenvalue weighted by Crippen LogP contribution is -2.26. The van der Waals surface area contributed by atoms with Gasteiger partial charge >= 0.3 is 0 Å². The molecule has 0 saturated carbocycles. The Morgan fingerprint density at radius 1 is 0.826 bits per heavy atom. The molecule has 0 atom stereocenters. The van der Waals surface area contributed by atoms with Gasteiger partial charge in [-0.25, -0.2) is 0 Å². The van der Waals surface area contributed by atoms with Crippen molar-refractivity contribution in [2.75, 3.05) is 20.3 Å². The normalized spacial score (nSPS) is 10.3. The highest BCUT2D eigenvalue weighted by atomic mass is 16.5. The van der Waals surface area contributed by atoms with Crippen LogP contribution in [0.15, 0.2) is 48.5 Å². The summed E-state index contributed by atoms with van der Waals surface area (Å²) in [5, 5.41) is 0. The predicted molar refractivity (Wildman–Crippen MR) is 94.7 cm³/mol. The van der Waals surface area contributed by atoms with E-state index in [0.29, 0.717) is 6.61 Å². The van der Waals surface area contributed by atoms with E-state index >= 15 is 0 Å². The molecule has 0 spiro atoms. The van der Waals surface area contributed by atoms with Crippen LogP contribution in [0, 0.1) is 24.7 Å². The van der Waals surface area contributed by atoms with E-state index in [1.165, 1.54) is 11.1 Å². The van der Waals surface area contributed by atoms with Crippen molar-refractivity contribution in [3.63, 3.8) is 0 Å². The van der Waals surface area contributed by atoms with Gasteiger partial charge < -0.3 is 4.74 Å². The first-order valence-electron chi connectivity index (χ1n) is 7.57. The van der Waals surface area contributed by atoms with Crippen molar-refractivity contribution in [3.05, 3.63) is 70.8 Å². The summed E-state index contributed by atoms with van der Waals surface area (Å²) in [6.07, 6.45) is 10.8. The van der Waals surface area contributed by atoms with Gasteiger partial charge in [0.25, 0.3) is 0 Å². The molecule has 2 heteroatoms. The maximum absolute atomic E-state index is 5.40. The van der Waals surface area contributed by atoms with Crippen molar-refractivity contribution in [2.45, 2.75) is 13.1 Å². The Kier molecular flexibility index (Phi) is 6.45. The van der Waals surface area contributed by atoms with Crippen LogP contribution in [0.2, 0.25) is 0 Å². The lowest BCUT2D eigenvalue weighted by Gasteiger charge is -2.22. The molecular formula is C21H21NO. The number of hydrogen-bond donors (Lipinski definition) is 0. The van der Waals surface area contributed by atoms with Crippen molar-refractivity contribution >= 4 is 0 Å². The summed E-state index contributed by atoms with van der Waals surface area (Å²) in [4.78, 5) is 2.35. The highest BCUT2D eigenvalue weighted by molar-refractivity contribution is 5.35. The van der Waals surface area contributed by atoms with E-state index in [1.54, 1.807) is 7.11 Å². The SMILES string of the molecule is C#Cc1ccc(CN(CCOC)Cc2ccc(C#C)cc2)cc1. The fraction of sp³-hybridized carbons (Fsp3) is 0.238. The Hall–Kier alpha value is -2.52. The second kappa shape index (κ2) is 8.81. The highest BCUT2D eigenvalue weighted by Gasteiger charge is 2.07. The molecule has 0 aliphatic rings. The van der Waals surface area contributed by atoms with Gasteiger partial charge in [-0.05, 0) is 35.4 Å². The first-order chi connectivity index (χ1) is 11.2. The van der Waals surface area contributed by atoms with Gasteiger partial charge in [0.05, 0.1) is 6.61 Å². The predicted octanol–water partition coefficient (Wildman–Crippen LogP) is 3.30. The molecule has 116 valence electrons. The number of nitrogens with zero attached hydrogens (tertiary/aromatic N) is 1. The van der Waals surface area contributed by atoms with Crippen molar-refractivity contribution in [3.8, 4) is 24.7 Å². The van der Waals surface area contributed by atoms with Crippen LogP contribution in [0.5, 0.6) is 0 Å². The van der Waals surface area contributed by atoms with Gasteiger partial charge in [0.15, 0.2) is 0 Å². The Morgan fingerprint density at radius 3 is 1.61 bits per heavy atom. The minimum Gasteiger partial charge on any atom is -0.383 e. The minimum absolute atomic E-state index is 0.699. The van der Waals surface area contributed by atoms with E-state index in [0.717, 1.165) is 30.8 Å². The molecule has 2 aromatic carbocycles. The van der Waals surface area contributed by atoms with E-state index in [-0.39, 0.29) is 0 Å². The highest BCUT2D eigenvalue weighted by Crippen LogP contribution is 2.12. The Morgan fingerprint density at radius 2 is 1.26 bits per heavy atom. The van der Waals surface area contributed by atoms with Crippen molar-refractivity contribution in [1.29, 1.82) is 0 Å². The van der Waals surface area contributed by atoms with E-state index in [1.807, 2.05) is 24.3 Å². The summed E-state index contributed by atoms with van der Waals surface area (Å²) < 4.78 is 5.23. The fourth-order valence-corrected chi connectivity index (χ4v) is 2.36. The second-order valence-corrected chi connectivity index (χ2v) is 5.39. The molecule has 2 rings (SSSR count). The quantitative estimate of drug-likeness (QED) is 0.728. The van der Waals surface area contributed by atoms with Crippen LogP contribution in [-0.2, 0) is 17.8 Å². The van der Waals surface area contributed by atoms with Crippen LogP contribution in [0.25, 0.3) is 0 Å². The number of hydrogen-bond acceptors (Lipinski definition) is 2. The van der Waals surface area contributed by atoms with Gasteiger partial charge in [-0.3, -0.25) is 4.90 Å². The summed E-state index contributed by atoms with van der Waals surface area (Å²) in [7, 11) is 1.72. The van der Waals surface area contributed by atoms with Crippen molar-refractivity contribution < 1.29 is 4.74 Å². The van der Waals surface area contributed by atoms with Gasteiger partial charge in [-0.2, -0.15) is 0 Å². The maximum Gasteiger partial charge on any atom is 0.0589 e. The summed E-state index contributed by atoms with van der Waals surface area (Å²) in [6.45, 7) is 3.27. The summed E-state index contributed by atoms with van der Waals surface area (Å²) >= 11 is 0. The molecule has 0 amide bonds. The molecular weight excluding hydrogens is 282 g/mol. The third-order valence-electron chi connectivity index (χ3n) is 3.67. The number of rotatable bonds is 7. The van der Waals surface area contributed by atoms with Crippen molar-refractivity contribution in [2.24, 2.45) is 0 Å². The number of benzene rings is 2. The van der Waals surface area contributed by atoms with Crippen LogP contribution in [0.4, 0.5) is 0 Å². The third-order valence-corrected chi connectivity index (χ3v) is 3.67. The molecule has 2 nitrogen and oxygen atoms in total. The van der Waals surface area contributed by atoms with Gasteiger partial charge in [-0.1, -0.05) is 36.1 Å². The third kappa shape index (κ3) is 5.31. The summed E-state index contributed by atoms with van der Waals surface area (Å²) in [5.74, 6) is 5.29. The first-order valence-corrected chi connectivity index (χ1v) is 7.57. The zero-order valence-corrected chi connectivity index (χ0v) is 13.5. The average Bonchev–Trinajstić information content (AvgIpc) is 2.61. The van der Waals surface area contributed by atoms with Crippen LogP contribution in [-0.4, -0.2) is 25.2 Å². The summed E-state index contributed by atoms with van der Waals surface area (Å²) in [5.41, 5.74) is 4.28. The van der Waals surface area contributed by atoms with Crippen LogP contribution < -0.4 is 0 Å². The lowest BCUT2D eigenvalue weighted by atomic mass is 10.1. The molecule has 0 unspecified atom stereocenters. The number of terminal acetylenes is 2. The molecule has 2 aromatic rings. The monoisotopic (exact) mass is 303 g/mol. The molecule has 0 N–H and O–H groups in total. The van der Waals surface area contributed by atoms with Crippen LogP contribution in [0.1, 0.15) is 22.3 Å². The zero-order chi connectivity index (χ0) is 16.5. The van der Waals surface area contributed by atoms with E-state index in [9.17, 15) is 0 Å². The zero-order valence-electron chi connectivity index (χ0n) is 13.5. The van der Waals surface area contributed by atoms with Gasteiger partial charge in [0, 0.05) is 37.9 Å². The molecule has 0 bridgehead atoms. The van der Waals surface area contributed by atoms with Gasteiger partial charge in [0.2, 0.25) is 0 Å². The number of ether oxygens (including phenoxy) is 1. The maximum atomic E-state index is 5.40. The average molecular weight is 303 g/mol. The number of methoxy groups -OCH3 is 1. The van der Waals surface area contributed by atoms with E-state index in [2.05, 4.69) is 41.0 Å².